The summed E-state index contributed by atoms with van der Waals surface area (Å²) in [6.07, 6.45) is 1.40. The van der Waals surface area contributed by atoms with Gasteiger partial charge in [0.25, 0.3) is 10.1 Å². The summed E-state index contributed by atoms with van der Waals surface area (Å²) >= 11 is 0. The predicted molar refractivity (Wildman–Crippen MR) is 52.9 cm³/mol. The van der Waals surface area contributed by atoms with E-state index in [1.54, 1.807) is 24.3 Å². The summed E-state index contributed by atoms with van der Waals surface area (Å²) in [5, 5.41) is 0. The van der Waals surface area contributed by atoms with Crippen LogP contribution in [0.5, 0.6) is 0 Å². The van der Waals surface area contributed by atoms with E-state index in [-0.39, 0.29) is 4.91 Å². The summed E-state index contributed by atoms with van der Waals surface area (Å²) < 4.78 is 30.7. The SMILES string of the molecule is NC1C(S(=O)(=O)O)=Cc2ccccc21. The van der Waals surface area contributed by atoms with E-state index in [0.29, 0.717) is 0 Å². The van der Waals surface area contributed by atoms with Gasteiger partial charge < -0.3 is 5.73 Å². The third-order valence-electron chi connectivity index (χ3n) is 2.23. The van der Waals surface area contributed by atoms with Gasteiger partial charge in [0.05, 0.1) is 10.9 Å². The highest BCUT2D eigenvalue weighted by Gasteiger charge is 2.29. The molecule has 2 rings (SSSR count). The zero-order valence-corrected chi connectivity index (χ0v) is 8.03. The first-order valence-electron chi connectivity index (χ1n) is 4.04. The second-order valence-electron chi connectivity index (χ2n) is 3.13. The van der Waals surface area contributed by atoms with Crippen molar-refractivity contribution in [3.63, 3.8) is 0 Å². The summed E-state index contributed by atoms with van der Waals surface area (Å²) in [7, 11) is -4.18. The summed E-state index contributed by atoms with van der Waals surface area (Å²) in [6.45, 7) is 0. The van der Waals surface area contributed by atoms with Crippen LogP contribution in [0.3, 0.4) is 0 Å². The van der Waals surface area contributed by atoms with Crippen molar-refractivity contribution in [1.29, 1.82) is 0 Å². The third kappa shape index (κ3) is 1.35. The lowest BCUT2D eigenvalue weighted by molar-refractivity contribution is 0.488. The van der Waals surface area contributed by atoms with E-state index < -0.39 is 16.2 Å². The maximum Gasteiger partial charge on any atom is 0.292 e. The van der Waals surface area contributed by atoms with Gasteiger partial charge >= 0.3 is 0 Å². The van der Waals surface area contributed by atoms with Crippen LogP contribution < -0.4 is 5.73 Å². The molecule has 0 radical (unpaired) electrons. The van der Waals surface area contributed by atoms with E-state index in [1.165, 1.54) is 6.08 Å². The fourth-order valence-corrected chi connectivity index (χ4v) is 2.28. The molecule has 0 saturated heterocycles. The topological polar surface area (TPSA) is 80.4 Å². The number of hydrogen-bond acceptors (Lipinski definition) is 3. The highest BCUT2D eigenvalue weighted by Crippen LogP contribution is 2.34. The van der Waals surface area contributed by atoms with Gasteiger partial charge in [0.1, 0.15) is 0 Å². The minimum absolute atomic E-state index is 0.140. The van der Waals surface area contributed by atoms with E-state index in [4.69, 9.17) is 10.3 Å². The van der Waals surface area contributed by atoms with E-state index >= 15 is 0 Å². The molecule has 1 aliphatic rings. The number of benzene rings is 1. The van der Waals surface area contributed by atoms with E-state index in [1.807, 2.05) is 0 Å². The lowest BCUT2D eigenvalue weighted by atomic mass is 10.1. The smallest absolute Gasteiger partial charge is 0.292 e. The molecule has 0 fully saturated rings. The maximum absolute atomic E-state index is 10.9. The van der Waals surface area contributed by atoms with Gasteiger partial charge in [0.15, 0.2) is 0 Å². The Morgan fingerprint density at radius 2 is 1.93 bits per heavy atom. The van der Waals surface area contributed by atoms with Crippen molar-refractivity contribution < 1.29 is 13.0 Å². The van der Waals surface area contributed by atoms with Crippen molar-refractivity contribution in [2.24, 2.45) is 5.73 Å². The lowest BCUT2D eigenvalue weighted by Gasteiger charge is -2.07. The Morgan fingerprint density at radius 1 is 1.29 bits per heavy atom. The molecule has 5 heteroatoms. The highest BCUT2D eigenvalue weighted by molar-refractivity contribution is 7.90. The number of rotatable bonds is 1. The van der Waals surface area contributed by atoms with Crippen molar-refractivity contribution in [2.75, 3.05) is 0 Å². The van der Waals surface area contributed by atoms with Crippen LogP contribution in [0.25, 0.3) is 6.08 Å². The van der Waals surface area contributed by atoms with E-state index in [2.05, 4.69) is 0 Å². The molecule has 0 bridgehead atoms. The minimum atomic E-state index is -4.18. The zero-order chi connectivity index (χ0) is 10.3. The van der Waals surface area contributed by atoms with Gasteiger partial charge in [0, 0.05) is 0 Å². The average Bonchev–Trinajstić information content (AvgIpc) is 2.44. The Kier molecular flexibility index (Phi) is 1.95. The number of hydrogen-bond donors (Lipinski definition) is 2. The molecule has 1 atom stereocenters. The van der Waals surface area contributed by atoms with Crippen molar-refractivity contribution in [3.8, 4) is 0 Å². The zero-order valence-electron chi connectivity index (χ0n) is 7.21. The molecule has 1 aromatic rings. The highest BCUT2D eigenvalue weighted by atomic mass is 32.2. The molecule has 3 N–H and O–H groups in total. The van der Waals surface area contributed by atoms with Crippen molar-refractivity contribution in [2.45, 2.75) is 6.04 Å². The molecule has 14 heavy (non-hydrogen) atoms. The second-order valence-corrected chi connectivity index (χ2v) is 4.55. The minimum Gasteiger partial charge on any atom is -0.320 e. The summed E-state index contributed by atoms with van der Waals surface area (Å²) in [5.41, 5.74) is 7.13. The first kappa shape index (κ1) is 9.39. The Balaban J connectivity index is 2.58. The molecule has 0 aliphatic heterocycles. The molecule has 0 saturated carbocycles. The quantitative estimate of drug-likeness (QED) is 0.677. The second kappa shape index (κ2) is 2.91. The lowest BCUT2D eigenvalue weighted by Crippen LogP contribution is -2.15. The summed E-state index contributed by atoms with van der Waals surface area (Å²) in [5.74, 6) is 0. The van der Waals surface area contributed by atoms with Crippen LogP contribution in [0, 0.1) is 0 Å². The van der Waals surface area contributed by atoms with Crippen LogP contribution in [-0.4, -0.2) is 13.0 Å². The molecule has 4 nitrogen and oxygen atoms in total. The van der Waals surface area contributed by atoms with Crippen molar-refractivity contribution in [1.82, 2.24) is 0 Å². The summed E-state index contributed by atoms with van der Waals surface area (Å²) in [4.78, 5) is -0.140. The van der Waals surface area contributed by atoms with Gasteiger partial charge in [-0.15, -0.1) is 0 Å². The molecule has 0 amide bonds. The molecular weight excluding hydrogens is 202 g/mol. The number of fused-ring (bicyclic) bond motifs is 1. The monoisotopic (exact) mass is 211 g/mol. The molecule has 74 valence electrons. The first-order chi connectivity index (χ1) is 6.50. The van der Waals surface area contributed by atoms with Gasteiger partial charge in [-0.1, -0.05) is 24.3 Å². The summed E-state index contributed by atoms with van der Waals surface area (Å²) in [6, 6.07) is 6.32. The van der Waals surface area contributed by atoms with Gasteiger partial charge in [0.2, 0.25) is 0 Å². The molecule has 0 spiro atoms. The van der Waals surface area contributed by atoms with Gasteiger partial charge in [-0.05, 0) is 17.2 Å². The number of nitrogens with two attached hydrogens (primary N) is 1. The van der Waals surface area contributed by atoms with Crippen molar-refractivity contribution in [3.05, 3.63) is 40.3 Å². The fraction of sp³-hybridized carbons (Fsp3) is 0.111. The maximum atomic E-state index is 10.9. The molecule has 0 heterocycles. The van der Waals surface area contributed by atoms with Crippen LogP contribution in [-0.2, 0) is 10.1 Å². The fourth-order valence-electron chi connectivity index (χ4n) is 1.56. The van der Waals surface area contributed by atoms with Crippen LogP contribution in [0.1, 0.15) is 17.2 Å². The Morgan fingerprint density at radius 3 is 2.50 bits per heavy atom. The molecular formula is C9H9NO3S. The average molecular weight is 211 g/mol. The molecule has 1 aliphatic carbocycles. The molecule has 1 aromatic carbocycles. The van der Waals surface area contributed by atoms with Crippen LogP contribution in [0.2, 0.25) is 0 Å². The van der Waals surface area contributed by atoms with Gasteiger partial charge in [-0.3, -0.25) is 4.55 Å². The Hall–Kier alpha value is -1.17. The van der Waals surface area contributed by atoms with E-state index in [0.717, 1.165) is 11.1 Å². The van der Waals surface area contributed by atoms with Crippen LogP contribution >= 0.6 is 0 Å². The van der Waals surface area contributed by atoms with E-state index in [9.17, 15) is 8.42 Å². The van der Waals surface area contributed by atoms with Crippen LogP contribution in [0.4, 0.5) is 0 Å². The predicted octanol–water partition coefficient (Wildman–Crippen LogP) is 0.929. The van der Waals surface area contributed by atoms with Gasteiger partial charge in [-0.25, -0.2) is 0 Å². The standard InChI is InChI=1S/C9H9NO3S/c10-9-7-4-2-1-3-6(7)5-8(9)14(11,12)13/h1-5,9H,10H2,(H,11,12,13). The third-order valence-corrected chi connectivity index (χ3v) is 3.20. The van der Waals surface area contributed by atoms with Crippen molar-refractivity contribution >= 4 is 16.2 Å². The first-order valence-corrected chi connectivity index (χ1v) is 5.48. The largest absolute Gasteiger partial charge is 0.320 e. The Labute approximate surface area is 81.8 Å². The van der Waals surface area contributed by atoms with Crippen LogP contribution in [0.15, 0.2) is 29.2 Å². The van der Waals surface area contributed by atoms with Gasteiger partial charge in [-0.2, -0.15) is 8.42 Å². The molecule has 0 aromatic heterocycles. The Bertz CT molecular complexity index is 505. The normalized spacial score (nSPS) is 20.4. The molecule has 1 unspecified atom stereocenters.